The first-order chi connectivity index (χ1) is 7.81. The fourth-order valence-corrected chi connectivity index (χ4v) is 2.66. The summed E-state index contributed by atoms with van der Waals surface area (Å²) < 4.78 is 10.2. The maximum absolute atomic E-state index is 5.09. The molecule has 1 atom stereocenters. The van der Waals surface area contributed by atoms with E-state index in [9.17, 15) is 0 Å². The Bertz CT molecular complexity index is 334. The zero-order valence-corrected chi connectivity index (χ0v) is 10.2. The van der Waals surface area contributed by atoms with E-state index in [2.05, 4.69) is 15.3 Å². The second kappa shape index (κ2) is 5.25. The minimum atomic E-state index is 0.446. The van der Waals surface area contributed by atoms with Crippen molar-refractivity contribution in [2.45, 2.75) is 12.5 Å². The van der Waals surface area contributed by atoms with E-state index in [-0.39, 0.29) is 0 Å². The first-order valence-corrected chi connectivity index (χ1v) is 6.28. The van der Waals surface area contributed by atoms with Gasteiger partial charge in [0, 0.05) is 11.8 Å². The molecule has 0 radical (unpaired) electrons. The van der Waals surface area contributed by atoms with Gasteiger partial charge >= 0.3 is 0 Å². The highest BCUT2D eigenvalue weighted by molar-refractivity contribution is 7.99. The van der Waals surface area contributed by atoms with Crippen molar-refractivity contribution in [2.75, 3.05) is 31.0 Å². The van der Waals surface area contributed by atoms with Crippen molar-refractivity contribution < 1.29 is 9.47 Å². The van der Waals surface area contributed by atoms with Crippen molar-refractivity contribution >= 4 is 17.7 Å². The van der Waals surface area contributed by atoms with Crippen LogP contribution in [-0.4, -0.2) is 41.7 Å². The highest BCUT2D eigenvalue weighted by Crippen LogP contribution is 2.22. The van der Waals surface area contributed by atoms with E-state index in [1.165, 1.54) is 5.75 Å². The molecule has 6 heteroatoms. The Hall–Kier alpha value is -1.17. The molecule has 0 bridgehead atoms. The molecule has 88 valence electrons. The van der Waals surface area contributed by atoms with Crippen LogP contribution in [0.3, 0.4) is 0 Å². The van der Waals surface area contributed by atoms with Gasteiger partial charge < -0.3 is 14.8 Å². The third-order valence-corrected chi connectivity index (χ3v) is 3.52. The summed E-state index contributed by atoms with van der Waals surface area (Å²) in [6, 6.07) is 2.11. The van der Waals surface area contributed by atoms with Gasteiger partial charge in [-0.1, -0.05) is 0 Å². The van der Waals surface area contributed by atoms with Gasteiger partial charge in [0.25, 0.3) is 0 Å². The van der Waals surface area contributed by atoms with E-state index >= 15 is 0 Å². The van der Waals surface area contributed by atoms with Crippen LogP contribution in [0.25, 0.3) is 0 Å². The van der Waals surface area contributed by atoms with Crippen molar-refractivity contribution in [1.29, 1.82) is 0 Å². The van der Waals surface area contributed by atoms with Crippen LogP contribution in [0.15, 0.2) is 6.07 Å². The van der Waals surface area contributed by atoms with Gasteiger partial charge in [-0.2, -0.15) is 21.7 Å². The smallest absolute Gasteiger partial charge is 0.229 e. The minimum Gasteiger partial charge on any atom is -0.481 e. The number of nitrogens with zero attached hydrogens (tertiary/aromatic N) is 2. The SMILES string of the molecule is COc1cc(OC)nc(NC2CCSC2)n1. The first-order valence-electron chi connectivity index (χ1n) is 5.13. The van der Waals surface area contributed by atoms with Crippen molar-refractivity contribution in [3.8, 4) is 11.8 Å². The molecular formula is C10H15N3O2S. The lowest BCUT2D eigenvalue weighted by molar-refractivity contribution is 0.372. The molecule has 2 heterocycles. The first kappa shape index (κ1) is 11.3. The van der Waals surface area contributed by atoms with Crippen LogP contribution in [0.4, 0.5) is 5.95 Å². The number of hydrogen-bond donors (Lipinski definition) is 1. The van der Waals surface area contributed by atoms with Crippen molar-refractivity contribution in [3.05, 3.63) is 6.07 Å². The van der Waals surface area contributed by atoms with E-state index in [0.29, 0.717) is 23.8 Å². The standard InChI is InChI=1S/C10H15N3O2S/c1-14-8-5-9(15-2)13-10(12-8)11-7-3-4-16-6-7/h5,7H,3-4,6H2,1-2H3,(H,11,12,13). The van der Waals surface area contributed by atoms with Crippen molar-refractivity contribution in [2.24, 2.45) is 0 Å². The fraction of sp³-hybridized carbons (Fsp3) is 0.600. The van der Waals surface area contributed by atoms with Crippen molar-refractivity contribution in [3.63, 3.8) is 0 Å². The summed E-state index contributed by atoms with van der Waals surface area (Å²) in [6.45, 7) is 0. The van der Waals surface area contributed by atoms with Gasteiger partial charge in [0.2, 0.25) is 17.7 Å². The van der Waals surface area contributed by atoms with Gasteiger partial charge in [0.1, 0.15) is 0 Å². The zero-order chi connectivity index (χ0) is 11.4. The predicted molar refractivity (Wildman–Crippen MR) is 64.5 cm³/mol. The van der Waals surface area contributed by atoms with Gasteiger partial charge in [0.15, 0.2) is 0 Å². The summed E-state index contributed by atoms with van der Waals surface area (Å²) in [4.78, 5) is 8.46. The number of hydrogen-bond acceptors (Lipinski definition) is 6. The highest BCUT2D eigenvalue weighted by Gasteiger charge is 2.17. The number of rotatable bonds is 4. The lowest BCUT2D eigenvalue weighted by Gasteiger charge is -2.12. The van der Waals surface area contributed by atoms with Gasteiger partial charge in [-0.25, -0.2) is 0 Å². The molecule has 0 spiro atoms. The number of thioether (sulfide) groups is 1. The molecule has 1 aromatic rings. The van der Waals surface area contributed by atoms with Crippen molar-refractivity contribution in [1.82, 2.24) is 9.97 Å². The fourth-order valence-electron chi connectivity index (χ4n) is 1.51. The Morgan fingerprint density at radius 3 is 2.50 bits per heavy atom. The van der Waals surface area contributed by atoms with Gasteiger partial charge in [-0.15, -0.1) is 0 Å². The molecule has 16 heavy (non-hydrogen) atoms. The van der Waals surface area contributed by atoms with Crippen LogP contribution >= 0.6 is 11.8 Å². The van der Waals surface area contributed by atoms with Gasteiger partial charge in [-0.3, -0.25) is 0 Å². The largest absolute Gasteiger partial charge is 0.481 e. The molecular weight excluding hydrogens is 226 g/mol. The number of aromatic nitrogens is 2. The lowest BCUT2D eigenvalue weighted by Crippen LogP contribution is -2.20. The Morgan fingerprint density at radius 2 is 2.00 bits per heavy atom. The molecule has 5 nitrogen and oxygen atoms in total. The van der Waals surface area contributed by atoms with Gasteiger partial charge in [0.05, 0.1) is 20.3 Å². The number of methoxy groups -OCH3 is 2. The Morgan fingerprint density at radius 1 is 1.31 bits per heavy atom. The van der Waals surface area contributed by atoms with Crippen LogP contribution < -0.4 is 14.8 Å². The van der Waals surface area contributed by atoms with Crippen LogP contribution in [0, 0.1) is 0 Å². The number of anilines is 1. The van der Waals surface area contributed by atoms with E-state index < -0.39 is 0 Å². The molecule has 0 aromatic carbocycles. The number of nitrogens with one attached hydrogen (secondary N) is 1. The molecule has 1 aromatic heterocycles. The summed E-state index contributed by atoms with van der Waals surface area (Å²) in [5.74, 6) is 3.89. The van der Waals surface area contributed by atoms with Crippen LogP contribution in [0.5, 0.6) is 11.8 Å². The van der Waals surface area contributed by atoms with Crippen LogP contribution in [0.1, 0.15) is 6.42 Å². The summed E-state index contributed by atoms with van der Waals surface area (Å²) >= 11 is 1.94. The maximum atomic E-state index is 5.09. The molecule has 1 aliphatic heterocycles. The predicted octanol–water partition coefficient (Wildman–Crippen LogP) is 1.41. The normalized spacial score (nSPS) is 19.5. The quantitative estimate of drug-likeness (QED) is 0.860. The summed E-state index contributed by atoms with van der Waals surface area (Å²) in [5.41, 5.74) is 0. The average molecular weight is 241 g/mol. The molecule has 0 saturated carbocycles. The summed E-state index contributed by atoms with van der Waals surface area (Å²) in [7, 11) is 3.16. The molecule has 0 amide bonds. The van der Waals surface area contributed by atoms with Crippen LogP contribution in [0.2, 0.25) is 0 Å². The molecule has 1 saturated heterocycles. The Balaban J connectivity index is 2.12. The third kappa shape index (κ3) is 2.69. The Kier molecular flexibility index (Phi) is 3.71. The highest BCUT2D eigenvalue weighted by atomic mass is 32.2. The zero-order valence-electron chi connectivity index (χ0n) is 9.40. The third-order valence-electron chi connectivity index (χ3n) is 2.36. The van der Waals surface area contributed by atoms with E-state index in [1.807, 2.05) is 11.8 Å². The van der Waals surface area contributed by atoms with E-state index in [1.54, 1.807) is 20.3 Å². The van der Waals surface area contributed by atoms with E-state index in [0.717, 1.165) is 12.2 Å². The molecule has 1 N–H and O–H groups in total. The van der Waals surface area contributed by atoms with Crippen LogP contribution in [-0.2, 0) is 0 Å². The maximum Gasteiger partial charge on any atom is 0.229 e. The average Bonchev–Trinajstić information content (AvgIpc) is 2.81. The minimum absolute atomic E-state index is 0.446. The molecule has 1 unspecified atom stereocenters. The Labute approximate surface area is 99.0 Å². The summed E-state index contributed by atoms with van der Waals surface area (Å²) in [6.07, 6.45) is 1.15. The molecule has 0 aliphatic carbocycles. The molecule has 1 fully saturated rings. The lowest BCUT2D eigenvalue weighted by atomic mass is 10.3. The number of ether oxygens (including phenoxy) is 2. The second-order valence-electron chi connectivity index (χ2n) is 3.48. The van der Waals surface area contributed by atoms with Gasteiger partial charge in [-0.05, 0) is 12.2 Å². The second-order valence-corrected chi connectivity index (χ2v) is 4.63. The summed E-state index contributed by atoms with van der Waals surface area (Å²) in [5, 5.41) is 3.29. The monoisotopic (exact) mass is 241 g/mol. The van der Waals surface area contributed by atoms with E-state index in [4.69, 9.17) is 9.47 Å². The topological polar surface area (TPSA) is 56.3 Å². The molecule has 1 aliphatic rings. The molecule has 2 rings (SSSR count).